The van der Waals surface area contributed by atoms with Gasteiger partial charge in [0, 0.05) is 23.8 Å². The molecule has 6 nitrogen and oxygen atoms in total. The van der Waals surface area contributed by atoms with Crippen LogP contribution in [0.5, 0.6) is 0 Å². The van der Waals surface area contributed by atoms with Crippen LogP contribution in [0.1, 0.15) is 19.8 Å². The van der Waals surface area contributed by atoms with Crippen LogP contribution in [0.3, 0.4) is 0 Å². The number of benzene rings is 1. The lowest BCUT2D eigenvalue weighted by Gasteiger charge is -2.11. The number of rotatable bonds is 7. The number of hydrogen-bond acceptors (Lipinski definition) is 4. The Morgan fingerprint density at radius 1 is 1.04 bits per heavy atom. The van der Waals surface area contributed by atoms with E-state index >= 15 is 0 Å². The van der Waals surface area contributed by atoms with Crippen LogP contribution in [0.2, 0.25) is 0 Å². The summed E-state index contributed by atoms with van der Waals surface area (Å²) in [6.07, 6.45) is 1.06. The number of nitrogens with two attached hydrogens (primary N) is 1. The third-order valence-electron chi connectivity index (χ3n) is 2.74. The normalized spacial score (nSPS) is 11.0. The molecule has 0 aliphatic carbocycles. The Bertz CT molecular complexity index is 479. The van der Waals surface area contributed by atoms with Gasteiger partial charge in [0.15, 0.2) is 0 Å². The standard InChI is InChI=1S/C15H24N4O2.2ClH/c1-11(16)4-9-14(20)17-12-5-7-13(8-6-12)18-15(21)10-19(2)3;;/h5-8,11H,4,9-10,16H2,1-3H3,(H,17,20)(H,18,21);2*1H. The van der Waals surface area contributed by atoms with Gasteiger partial charge in [-0.3, -0.25) is 9.59 Å². The molecule has 0 spiro atoms. The summed E-state index contributed by atoms with van der Waals surface area (Å²) in [5, 5.41) is 5.58. The van der Waals surface area contributed by atoms with Gasteiger partial charge < -0.3 is 21.3 Å². The van der Waals surface area contributed by atoms with Gasteiger partial charge in [0.25, 0.3) is 0 Å². The Morgan fingerprint density at radius 3 is 1.87 bits per heavy atom. The summed E-state index contributed by atoms with van der Waals surface area (Å²) in [4.78, 5) is 25.1. The number of amides is 2. The van der Waals surface area contributed by atoms with Crippen molar-refractivity contribution in [3.63, 3.8) is 0 Å². The minimum Gasteiger partial charge on any atom is -0.328 e. The van der Waals surface area contributed by atoms with Crippen molar-refractivity contribution >= 4 is 48.0 Å². The van der Waals surface area contributed by atoms with Crippen molar-refractivity contribution < 1.29 is 9.59 Å². The van der Waals surface area contributed by atoms with Crippen molar-refractivity contribution in [1.29, 1.82) is 0 Å². The molecule has 1 aromatic carbocycles. The SMILES string of the molecule is CC(N)CCC(=O)Nc1ccc(NC(=O)CN(C)C)cc1.Cl.Cl. The summed E-state index contributed by atoms with van der Waals surface area (Å²) in [6.45, 7) is 2.20. The Kier molecular flexibility index (Phi) is 12.6. The van der Waals surface area contributed by atoms with Crippen molar-refractivity contribution in [3.05, 3.63) is 24.3 Å². The highest BCUT2D eigenvalue weighted by molar-refractivity contribution is 5.93. The average molecular weight is 365 g/mol. The minimum atomic E-state index is -0.0753. The Labute approximate surface area is 150 Å². The largest absolute Gasteiger partial charge is 0.328 e. The fourth-order valence-corrected chi connectivity index (χ4v) is 1.71. The number of anilines is 2. The van der Waals surface area contributed by atoms with E-state index in [1.807, 2.05) is 21.0 Å². The van der Waals surface area contributed by atoms with E-state index in [-0.39, 0.29) is 42.7 Å². The van der Waals surface area contributed by atoms with Crippen molar-refractivity contribution in [2.75, 3.05) is 31.3 Å². The van der Waals surface area contributed by atoms with Crippen LogP contribution >= 0.6 is 24.8 Å². The molecular formula is C15H26Cl2N4O2. The second-order valence-corrected chi connectivity index (χ2v) is 5.43. The van der Waals surface area contributed by atoms with Crippen molar-refractivity contribution in [2.24, 2.45) is 5.73 Å². The van der Waals surface area contributed by atoms with Crippen molar-refractivity contribution in [2.45, 2.75) is 25.8 Å². The highest BCUT2D eigenvalue weighted by Gasteiger charge is 2.06. The molecule has 0 radical (unpaired) electrons. The van der Waals surface area contributed by atoms with E-state index in [4.69, 9.17) is 5.73 Å². The van der Waals surface area contributed by atoms with Crippen molar-refractivity contribution in [1.82, 2.24) is 4.90 Å². The molecule has 132 valence electrons. The predicted molar refractivity (Wildman–Crippen MR) is 99.6 cm³/mol. The maximum absolute atomic E-state index is 11.7. The molecule has 0 fully saturated rings. The van der Waals surface area contributed by atoms with Crippen LogP contribution < -0.4 is 16.4 Å². The quantitative estimate of drug-likeness (QED) is 0.691. The van der Waals surface area contributed by atoms with Crippen LogP contribution in [0.4, 0.5) is 11.4 Å². The lowest BCUT2D eigenvalue weighted by Crippen LogP contribution is -2.27. The number of hydrogen-bond donors (Lipinski definition) is 3. The van der Waals surface area contributed by atoms with E-state index in [1.165, 1.54) is 0 Å². The molecule has 0 aliphatic heterocycles. The fraction of sp³-hybridized carbons (Fsp3) is 0.467. The molecule has 2 amide bonds. The van der Waals surface area contributed by atoms with Gasteiger partial charge in [0.05, 0.1) is 6.54 Å². The monoisotopic (exact) mass is 364 g/mol. The second-order valence-electron chi connectivity index (χ2n) is 5.43. The van der Waals surface area contributed by atoms with Crippen LogP contribution in [-0.2, 0) is 9.59 Å². The van der Waals surface area contributed by atoms with Gasteiger partial charge in [-0.1, -0.05) is 0 Å². The van der Waals surface area contributed by atoms with E-state index in [0.29, 0.717) is 30.8 Å². The second kappa shape index (κ2) is 12.1. The zero-order valence-electron chi connectivity index (χ0n) is 13.7. The molecule has 1 unspecified atom stereocenters. The topological polar surface area (TPSA) is 87.5 Å². The first kappa shape index (κ1) is 23.9. The number of carbonyl (C=O) groups excluding carboxylic acids is 2. The highest BCUT2D eigenvalue weighted by Crippen LogP contribution is 2.14. The summed E-state index contributed by atoms with van der Waals surface area (Å²) in [7, 11) is 3.67. The zero-order valence-corrected chi connectivity index (χ0v) is 15.3. The molecule has 4 N–H and O–H groups in total. The van der Waals surface area contributed by atoms with Crippen LogP contribution in [0.15, 0.2) is 24.3 Å². The van der Waals surface area contributed by atoms with Gasteiger partial charge in [0.2, 0.25) is 11.8 Å². The first-order valence-corrected chi connectivity index (χ1v) is 6.97. The molecular weight excluding hydrogens is 339 g/mol. The predicted octanol–water partition coefficient (Wildman–Crippen LogP) is 2.10. The summed E-state index contributed by atoms with van der Waals surface area (Å²) in [6, 6.07) is 7.05. The molecule has 1 atom stereocenters. The van der Waals surface area contributed by atoms with E-state index in [0.717, 1.165) is 0 Å². The molecule has 0 aliphatic rings. The third-order valence-corrected chi connectivity index (χ3v) is 2.74. The van der Waals surface area contributed by atoms with Gasteiger partial charge in [-0.25, -0.2) is 0 Å². The maximum Gasteiger partial charge on any atom is 0.238 e. The summed E-state index contributed by atoms with van der Waals surface area (Å²) in [5.41, 5.74) is 7.02. The number of likely N-dealkylation sites (N-methyl/N-ethyl adjacent to an activating group) is 1. The first-order valence-electron chi connectivity index (χ1n) is 6.97. The molecule has 0 saturated carbocycles. The van der Waals surface area contributed by atoms with E-state index in [9.17, 15) is 9.59 Å². The van der Waals surface area contributed by atoms with Crippen LogP contribution in [-0.4, -0.2) is 43.4 Å². The Morgan fingerprint density at radius 2 is 1.48 bits per heavy atom. The average Bonchev–Trinajstić information content (AvgIpc) is 2.37. The number of carbonyl (C=O) groups is 2. The van der Waals surface area contributed by atoms with Gasteiger partial charge in [-0.05, 0) is 51.7 Å². The summed E-state index contributed by atoms with van der Waals surface area (Å²) >= 11 is 0. The maximum atomic E-state index is 11.7. The van der Waals surface area contributed by atoms with Gasteiger partial charge in [-0.2, -0.15) is 0 Å². The van der Waals surface area contributed by atoms with Crippen molar-refractivity contribution in [3.8, 4) is 0 Å². The lowest BCUT2D eigenvalue weighted by molar-refractivity contribution is -0.117. The summed E-state index contributed by atoms with van der Waals surface area (Å²) in [5.74, 6) is -0.134. The number of nitrogens with one attached hydrogen (secondary N) is 2. The Balaban J connectivity index is 0. The molecule has 1 aromatic rings. The lowest BCUT2D eigenvalue weighted by atomic mass is 10.2. The smallest absolute Gasteiger partial charge is 0.238 e. The molecule has 0 heterocycles. The highest BCUT2D eigenvalue weighted by atomic mass is 35.5. The molecule has 8 heteroatoms. The molecule has 23 heavy (non-hydrogen) atoms. The Hall–Kier alpha value is -1.34. The van der Waals surface area contributed by atoms with Crippen LogP contribution in [0.25, 0.3) is 0 Å². The molecule has 0 aromatic heterocycles. The third kappa shape index (κ3) is 10.9. The summed E-state index contributed by atoms with van der Waals surface area (Å²) < 4.78 is 0. The number of halogens is 2. The van der Waals surface area contributed by atoms with Gasteiger partial charge in [-0.15, -0.1) is 24.8 Å². The van der Waals surface area contributed by atoms with E-state index < -0.39 is 0 Å². The zero-order chi connectivity index (χ0) is 15.8. The molecule has 0 bridgehead atoms. The first-order chi connectivity index (χ1) is 9.86. The molecule has 1 rings (SSSR count). The minimum absolute atomic E-state index is 0. The number of nitrogens with zero attached hydrogens (tertiary/aromatic N) is 1. The van der Waals surface area contributed by atoms with E-state index in [2.05, 4.69) is 10.6 Å². The van der Waals surface area contributed by atoms with Gasteiger partial charge >= 0.3 is 0 Å². The van der Waals surface area contributed by atoms with Crippen LogP contribution in [0, 0.1) is 0 Å². The van der Waals surface area contributed by atoms with Gasteiger partial charge in [0.1, 0.15) is 0 Å². The van der Waals surface area contributed by atoms with E-state index in [1.54, 1.807) is 29.2 Å². The fourth-order valence-electron chi connectivity index (χ4n) is 1.71. The molecule has 0 saturated heterocycles.